The molecule has 0 heterocycles. The zero-order valence-electron chi connectivity index (χ0n) is 12.8. The number of nitrogens with one attached hydrogen (secondary N) is 1. The van der Waals surface area contributed by atoms with Crippen LogP contribution in [0.5, 0.6) is 0 Å². The Balaban J connectivity index is 2.08. The van der Waals surface area contributed by atoms with E-state index in [9.17, 15) is 13.2 Å². The molecule has 2 aromatic rings. The van der Waals surface area contributed by atoms with Gasteiger partial charge in [0.25, 0.3) is 0 Å². The van der Waals surface area contributed by atoms with Crippen LogP contribution < -0.4 is 4.72 Å². The van der Waals surface area contributed by atoms with Crippen molar-refractivity contribution in [2.45, 2.75) is 30.7 Å². The van der Waals surface area contributed by atoms with Gasteiger partial charge in [0.1, 0.15) is 0 Å². The minimum Gasteiger partial charge on any atom is -0.481 e. The summed E-state index contributed by atoms with van der Waals surface area (Å²) >= 11 is 0. The molecule has 0 unspecified atom stereocenters. The molecule has 0 radical (unpaired) electrons. The molecule has 0 aliphatic carbocycles. The molecule has 5 nitrogen and oxygen atoms in total. The lowest BCUT2D eigenvalue weighted by atomic mass is 10.1. The fourth-order valence-corrected chi connectivity index (χ4v) is 3.43. The standard InChI is InChI=1S/C17H19NO4S/c1-13(15-5-3-2-4-6-15)18-23(21,22)16-10-7-14(8-11-16)9-12-17(19)20/h2-8,10-11,13,18H,9,12H2,1H3,(H,19,20)/t13-/m1/s1. The quantitative estimate of drug-likeness (QED) is 0.816. The fourth-order valence-electron chi connectivity index (χ4n) is 2.20. The summed E-state index contributed by atoms with van der Waals surface area (Å²) in [5, 5.41) is 8.66. The van der Waals surface area contributed by atoms with Gasteiger partial charge >= 0.3 is 5.97 Å². The maximum atomic E-state index is 12.4. The van der Waals surface area contributed by atoms with Gasteiger partial charge in [-0.2, -0.15) is 0 Å². The molecule has 2 aromatic carbocycles. The predicted molar refractivity (Wildman–Crippen MR) is 87.6 cm³/mol. The molecule has 1 atom stereocenters. The van der Waals surface area contributed by atoms with E-state index in [1.54, 1.807) is 19.1 Å². The van der Waals surface area contributed by atoms with Gasteiger partial charge in [-0.3, -0.25) is 4.79 Å². The van der Waals surface area contributed by atoms with Crippen LogP contribution in [0.4, 0.5) is 0 Å². The summed E-state index contributed by atoms with van der Waals surface area (Å²) in [5.41, 5.74) is 1.68. The second-order valence-corrected chi connectivity index (χ2v) is 7.01. The Kier molecular flexibility index (Phi) is 5.52. The molecule has 0 aliphatic heterocycles. The summed E-state index contributed by atoms with van der Waals surface area (Å²) in [6.07, 6.45) is 0.402. The first-order valence-electron chi connectivity index (χ1n) is 7.26. The molecule has 0 saturated heterocycles. The lowest BCUT2D eigenvalue weighted by Crippen LogP contribution is -2.26. The summed E-state index contributed by atoms with van der Waals surface area (Å²) in [7, 11) is -3.62. The first-order chi connectivity index (χ1) is 10.9. The molecule has 2 N–H and O–H groups in total. The van der Waals surface area contributed by atoms with Gasteiger partial charge < -0.3 is 5.11 Å². The maximum Gasteiger partial charge on any atom is 0.303 e. The molecule has 0 amide bonds. The SMILES string of the molecule is C[C@@H](NS(=O)(=O)c1ccc(CCC(=O)O)cc1)c1ccccc1. The third-order valence-electron chi connectivity index (χ3n) is 3.49. The van der Waals surface area contributed by atoms with Crippen LogP contribution in [-0.4, -0.2) is 19.5 Å². The van der Waals surface area contributed by atoms with E-state index in [-0.39, 0.29) is 17.4 Å². The van der Waals surface area contributed by atoms with E-state index in [1.807, 2.05) is 30.3 Å². The van der Waals surface area contributed by atoms with Gasteiger partial charge in [0.15, 0.2) is 0 Å². The van der Waals surface area contributed by atoms with Crippen molar-refractivity contribution in [3.05, 3.63) is 65.7 Å². The molecule has 0 spiro atoms. The maximum absolute atomic E-state index is 12.4. The molecule has 122 valence electrons. The summed E-state index contributed by atoms with van der Waals surface area (Å²) < 4.78 is 27.4. The minimum atomic E-state index is -3.62. The first kappa shape index (κ1) is 17.2. The van der Waals surface area contributed by atoms with Crippen LogP contribution >= 0.6 is 0 Å². The summed E-state index contributed by atoms with van der Waals surface area (Å²) in [6, 6.07) is 15.3. The smallest absolute Gasteiger partial charge is 0.303 e. The summed E-state index contributed by atoms with van der Waals surface area (Å²) in [5.74, 6) is -0.875. The van der Waals surface area contributed by atoms with Crippen LogP contribution in [0.15, 0.2) is 59.5 Å². The molecule has 0 bridgehead atoms. The van der Waals surface area contributed by atoms with E-state index in [1.165, 1.54) is 12.1 Å². The second-order valence-electron chi connectivity index (χ2n) is 5.29. The average molecular weight is 333 g/mol. The van der Waals surface area contributed by atoms with Crippen molar-refractivity contribution in [3.63, 3.8) is 0 Å². The largest absolute Gasteiger partial charge is 0.481 e. The highest BCUT2D eigenvalue weighted by Crippen LogP contribution is 2.17. The highest BCUT2D eigenvalue weighted by molar-refractivity contribution is 7.89. The van der Waals surface area contributed by atoms with Crippen molar-refractivity contribution in [1.82, 2.24) is 4.72 Å². The number of hydrogen-bond donors (Lipinski definition) is 2. The van der Waals surface area contributed by atoms with Crippen LogP contribution in [0.3, 0.4) is 0 Å². The van der Waals surface area contributed by atoms with E-state index < -0.39 is 16.0 Å². The van der Waals surface area contributed by atoms with Gasteiger partial charge in [-0.15, -0.1) is 0 Å². The van der Waals surface area contributed by atoms with Crippen molar-refractivity contribution < 1.29 is 18.3 Å². The minimum absolute atomic E-state index is 0.0232. The molecule has 0 aromatic heterocycles. The van der Waals surface area contributed by atoms with Crippen molar-refractivity contribution >= 4 is 16.0 Å². The summed E-state index contributed by atoms with van der Waals surface area (Å²) in [4.78, 5) is 10.7. The molecular formula is C17H19NO4S. The Hall–Kier alpha value is -2.18. The number of carbonyl (C=O) groups is 1. The number of benzene rings is 2. The van der Waals surface area contributed by atoms with Gasteiger partial charge in [0, 0.05) is 12.5 Å². The molecule has 0 aliphatic rings. The lowest BCUT2D eigenvalue weighted by Gasteiger charge is -2.14. The molecule has 0 fully saturated rings. The van der Waals surface area contributed by atoms with Crippen LogP contribution in [0.2, 0.25) is 0 Å². The predicted octanol–water partition coefficient (Wildman–Crippen LogP) is 2.74. The van der Waals surface area contributed by atoms with Gasteiger partial charge in [-0.05, 0) is 36.6 Å². The van der Waals surface area contributed by atoms with E-state index >= 15 is 0 Å². The molecule has 0 saturated carbocycles. The number of aryl methyl sites for hydroxylation is 1. The van der Waals surface area contributed by atoms with Crippen molar-refractivity contribution in [2.75, 3.05) is 0 Å². The van der Waals surface area contributed by atoms with Gasteiger partial charge in [0.2, 0.25) is 10.0 Å². The van der Waals surface area contributed by atoms with Crippen molar-refractivity contribution in [2.24, 2.45) is 0 Å². The number of rotatable bonds is 7. The van der Waals surface area contributed by atoms with Gasteiger partial charge in [0.05, 0.1) is 4.90 Å². The Morgan fingerprint density at radius 3 is 2.26 bits per heavy atom. The van der Waals surface area contributed by atoms with Crippen LogP contribution in [0.25, 0.3) is 0 Å². The van der Waals surface area contributed by atoms with Gasteiger partial charge in [-0.1, -0.05) is 42.5 Å². The molecule has 2 rings (SSSR count). The fraction of sp³-hybridized carbons (Fsp3) is 0.235. The Bertz CT molecular complexity index is 755. The van der Waals surface area contributed by atoms with Gasteiger partial charge in [-0.25, -0.2) is 13.1 Å². The summed E-state index contributed by atoms with van der Waals surface area (Å²) in [6.45, 7) is 1.79. The number of carboxylic acid groups (broad SMARTS) is 1. The average Bonchev–Trinajstić information content (AvgIpc) is 2.53. The van der Waals surface area contributed by atoms with E-state index in [0.717, 1.165) is 11.1 Å². The van der Waals surface area contributed by atoms with Crippen LogP contribution in [0, 0.1) is 0 Å². The zero-order valence-corrected chi connectivity index (χ0v) is 13.6. The number of aliphatic carboxylic acids is 1. The molecule has 23 heavy (non-hydrogen) atoms. The third-order valence-corrected chi connectivity index (χ3v) is 5.05. The monoisotopic (exact) mass is 333 g/mol. The second kappa shape index (κ2) is 7.39. The van der Waals surface area contributed by atoms with Crippen molar-refractivity contribution in [3.8, 4) is 0 Å². The normalized spacial score (nSPS) is 12.7. The highest BCUT2D eigenvalue weighted by Gasteiger charge is 2.18. The van der Waals surface area contributed by atoms with Crippen LogP contribution in [0.1, 0.15) is 30.5 Å². The van der Waals surface area contributed by atoms with Crippen molar-refractivity contribution in [1.29, 1.82) is 0 Å². The van der Waals surface area contributed by atoms with E-state index in [0.29, 0.717) is 6.42 Å². The third kappa shape index (κ3) is 4.91. The Morgan fingerprint density at radius 2 is 1.70 bits per heavy atom. The molecular weight excluding hydrogens is 314 g/mol. The molecule has 6 heteroatoms. The Morgan fingerprint density at radius 1 is 1.09 bits per heavy atom. The van der Waals surface area contributed by atoms with Crippen LogP contribution in [-0.2, 0) is 21.2 Å². The number of sulfonamides is 1. The zero-order chi connectivity index (χ0) is 16.9. The lowest BCUT2D eigenvalue weighted by molar-refractivity contribution is -0.136. The van der Waals surface area contributed by atoms with E-state index in [4.69, 9.17) is 5.11 Å². The first-order valence-corrected chi connectivity index (χ1v) is 8.75. The van der Waals surface area contributed by atoms with E-state index in [2.05, 4.69) is 4.72 Å². The topological polar surface area (TPSA) is 83.5 Å². The Labute approximate surface area is 136 Å². The number of carboxylic acids is 1. The highest BCUT2D eigenvalue weighted by atomic mass is 32.2. The number of hydrogen-bond acceptors (Lipinski definition) is 3.